The Balaban J connectivity index is 1.46. The number of hydrogen-bond acceptors (Lipinski definition) is 4. The predicted octanol–water partition coefficient (Wildman–Crippen LogP) is 4.82. The van der Waals surface area contributed by atoms with Gasteiger partial charge in [-0.05, 0) is 49.2 Å². The highest BCUT2D eigenvalue weighted by atomic mass is 79.9. The number of aromatic nitrogens is 3. The van der Waals surface area contributed by atoms with Crippen molar-refractivity contribution >= 4 is 49.4 Å². The zero-order chi connectivity index (χ0) is 19.3. The van der Waals surface area contributed by atoms with Gasteiger partial charge in [-0.15, -0.1) is 0 Å². The lowest BCUT2D eigenvalue weighted by molar-refractivity contribution is 0.647. The zero-order valence-electron chi connectivity index (χ0n) is 16.0. The summed E-state index contributed by atoms with van der Waals surface area (Å²) >= 11 is 3.56. The first-order valence-electron chi connectivity index (χ1n) is 9.60. The molecule has 2 aromatic carbocycles. The number of anilines is 2. The summed E-state index contributed by atoms with van der Waals surface area (Å²) in [6.07, 6.45) is 1.68. The standard InChI is InChI=1S/C22H22BrN5/c1-14-4-3-5-19(15(14)2)27-8-10-28(11-9-27)22-21-20(24-13-25-22)17-12-16(23)6-7-18(17)26-21/h3-7,12-13,26H,8-11H2,1-2H3. The number of hydrogen-bond donors (Lipinski definition) is 1. The van der Waals surface area contributed by atoms with Crippen LogP contribution < -0.4 is 9.80 Å². The van der Waals surface area contributed by atoms with E-state index in [1.54, 1.807) is 6.33 Å². The molecule has 1 N–H and O–H groups in total. The summed E-state index contributed by atoms with van der Waals surface area (Å²) in [5.74, 6) is 0.998. The molecule has 3 heterocycles. The summed E-state index contributed by atoms with van der Waals surface area (Å²) in [5, 5.41) is 1.13. The number of benzene rings is 2. The van der Waals surface area contributed by atoms with Crippen LogP contribution >= 0.6 is 15.9 Å². The Morgan fingerprint density at radius 3 is 2.57 bits per heavy atom. The Labute approximate surface area is 172 Å². The van der Waals surface area contributed by atoms with Crippen molar-refractivity contribution in [1.29, 1.82) is 0 Å². The van der Waals surface area contributed by atoms with Gasteiger partial charge in [0.15, 0.2) is 5.82 Å². The van der Waals surface area contributed by atoms with Crippen LogP contribution in [0.25, 0.3) is 21.9 Å². The summed E-state index contributed by atoms with van der Waals surface area (Å²) in [6, 6.07) is 12.8. The molecule has 1 saturated heterocycles. The van der Waals surface area contributed by atoms with Crippen LogP contribution in [0.5, 0.6) is 0 Å². The molecule has 0 amide bonds. The van der Waals surface area contributed by atoms with E-state index in [-0.39, 0.29) is 0 Å². The van der Waals surface area contributed by atoms with E-state index >= 15 is 0 Å². The molecule has 1 aliphatic rings. The van der Waals surface area contributed by atoms with Gasteiger partial charge in [-0.25, -0.2) is 9.97 Å². The SMILES string of the molecule is Cc1cccc(N2CCN(c3ncnc4c3[nH]c3ccc(Br)cc34)CC2)c1C. The van der Waals surface area contributed by atoms with E-state index in [9.17, 15) is 0 Å². The highest BCUT2D eigenvalue weighted by Crippen LogP contribution is 2.32. The van der Waals surface area contributed by atoms with Gasteiger partial charge >= 0.3 is 0 Å². The molecule has 1 aliphatic heterocycles. The van der Waals surface area contributed by atoms with Gasteiger partial charge in [0.05, 0.1) is 0 Å². The lowest BCUT2D eigenvalue weighted by atomic mass is 10.1. The smallest absolute Gasteiger partial charge is 0.156 e. The lowest BCUT2D eigenvalue weighted by Gasteiger charge is -2.37. The summed E-state index contributed by atoms with van der Waals surface area (Å²) in [7, 11) is 0. The second kappa shape index (κ2) is 6.78. The minimum absolute atomic E-state index is 0.943. The van der Waals surface area contributed by atoms with Crippen molar-refractivity contribution in [2.45, 2.75) is 13.8 Å². The molecule has 0 spiro atoms. The quantitative estimate of drug-likeness (QED) is 0.490. The average molecular weight is 436 g/mol. The zero-order valence-corrected chi connectivity index (χ0v) is 17.6. The molecular formula is C22H22BrN5. The third kappa shape index (κ3) is 2.83. The van der Waals surface area contributed by atoms with Gasteiger partial charge in [0.25, 0.3) is 0 Å². The monoisotopic (exact) mass is 435 g/mol. The summed E-state index contributed by atoms with van der Waals surface area (Å²) in [5.41, 5.74) is 7.18. The largest absolute Gasteiger partial charge is 0.368 e. The molecule has 0 saturated carbocycles. The van der Waals surface area contributed by atoms with Gasteiger partial charge in [0.1, 0.15) is 17.4 Å². The maximum absolute atomic E-state index is 4.63. The first-order chi connectivity index (χ1) is 13.6. The Kier molecular flexibility index (Phi) is 4.23. The van der Waals surface area contributed by atoms with Gasteiger partial charge in [-0.1, -0.05) is 28.1 Å². The number of nitrogens with one attached hydrogen (secondary N) is 1. The van der Waals surface area contributed by atoms with Crippen molar-refractivity contribution in [3.05, 3.63) is 58.3 Å². The van der Waals surface area contributed by atoms with E-state index in [1.807, 2.05) is 6.07 Å². The minimum atomic E-state index is 0.943. The molecule has 0 aliphatic carbocycles. The van der Waals surface area contributed by atoms with E-state index in [4.69, 9.17) is 0 Å². The van der Waals surface area contributed by atoms with Crippen molar-refractivity contribution < 1.29 is 0 Å². The van der Waals surface area contributed by atoms with Gasteiger partial charge in [-0.3, -0.25) is 0 Å². The van der Waals surface area contributed by atoms with Crippen LogP contribution in [0.3, 0.4) is 0 Å². The number of halogens is 1. The first-order valence-corrected chi connectivity index (χ1v) is 10.4. The number of piperazine rings is 1. The normalized spacial score (nSPS) is 15.0. The molecule has 28 heavy (non-hydrogen) atoms. The first kappa shape index (κ1) is 17.5. The van der Waals surface area contributed by atoms with Crippen LogP contribution in [-0.4, -0.2) is 41.1 Å². The van der Waals surface area contributed by atoms with Gasteiger partial charge in [0, 0.05) is 47.2 Å². The predicted molar refractivity (Wildman–Crippen MR) is 119 cm³/mol. The van der Waals surface area contributed by atoms with Crippen LogP contribution in [0.4, 0.5) is 11.5 Å². The van der Waals surface area contributed by atoms with Crippen LogP contribution in [-0.2, 0) is 0 Å². The van der Waals surface area contributed by atoms with Gasteiger partial charge in [-0.2, -0.15) is 0 Å². The molecule has 0 radical (unpaired) electrons. The lowest BCUT2D eigenvalue weighted by Crippen LogP contribution is -2.47. The molecule has 2 aromatic heterocycles. The highest BCUT2D eigenvalue weighted by molar-refractivity contribution is 9.10. The van der Waals surface area contributed by atoms with Crippen LogP contribution in [0.2, 0.25) is 0 Å². The summed E-state index contributed by atoms with van der Waals surface area (Å²) in [4.78, 5) is 17.6. The average Bonchev–Trinajstić information content (AvgIpc) is 3.08. The van der Waals surface area contributed by atoms with E-state index < -0.39 is 0 Å². The van der Waals surface area contributed by atoms with Crippen molar-refractivity contribution in [2.24, 2.45) is 0 Å². The Bertz CT molecular complexity index is 1170. The van der Waals surface area contributed by atoms with Crippen molar-refractivity contribution in [2.75, 3.05) is 36.0 Å². The Morgan fingerprint density at radius 1 is 0.964 bits per heavy atom. The molecule has 0 unspecified atom stereocenters. The maximum Gasteiger partial charge on any atom is 0.156 e. The fourth-order valence-electron chi connectivity index (χ4n) is 4.13. The third-order valence-electron chi connectivity index (χ3n) is 5.82. The van der Waals surface area contributed by atoms with Gasteiger partial charge < -0.3 is 14.8 Å². The maximum atomic E-state index is 4.63. The van der Waals surface area contributed by atoms with Crippen LogP contribution in [0.15, 0.2) is 47.2 Å². The van der Waals surface area contributed by atoms with Crippen LogP contribution in [0, 0.1) is 13.8 Å². The highest BCUT2D eigenvalue weighted by Gasteiger charge is 2.22. The topological polar surface area (TPSA) is 48.1 Å². The second-order valence-corrected chi connectivity index (χ2v) is 8.34. The van der Waals surface area contributed by atoms with Crippen molar-refractivity contribution in [3.63, 3.8) is 0 Å². The number of fused-ring (bicyclic) bond motifs is 3. The Morgan fingerprint density at radius 2 is 1.75 bits per heavy atom. The molecule has 0 atom stereocenters. The molecule has 0 bridgehead atoms. The number of aromatic amines is 1. The number of nitrogens with zero attached hydrogens (tertiary/aromatic N) is 4. The fraction of sp³-hybridized carbons (Fsp3) is 0.273. The molecule has 5 rings (SSSR count). The van der Waals surface area contributed by atoms with E-state index in [1.165, 1.54) is 16.8 Å². The number of aryl methyl sites for hydroxylation is 1. The number of rotatable bonds is 2. The molecule has 6 heteroatoms. The summed E-state index contributed by atoms with van der Waals surface area (Å²) in [6.45, 7) is 8.26. The second-order valence-electron chi connectivity index (χ2n) is 7.43. The van der Waals surface area contributed by atoms with E-state index in [0.717, 1.165) is 58.4 Å². The molecule has 1 fully saturated rings. The van der Waals surface area contributed by atoms with Crippen molar-refractivity contribution in [1.82, 2.24) is 15.0 Å². The van der Waals surface area contributed by atoms with Crippen molar-refractivity contribution in [3.8, 4) is 0 Å². The third-order valence-corrected chi connectivity index (χ3v) is 6.31. The molecule has 142 valence electrons. The fourth-order valence-corrected chi connectivity index (χ4v) is 4.49. The van der Waals surface area contributed by atoms with Crippen LogP contribution in [0.1, 0.15) is 11.1 Å². The number of H-pyrrole nitrogens is 1. The van der Waals surface area contributed by atoms with E-state index in [2.05, 4.69) is 84.9 Å². The molecular weight excluding hydrogens is 414 g/mol. The Hall–Kier alpha value is -2.60. The molecule has 5 nitrogen and oxygen atoms in total. The van der Waals surface area contributed by atoms with Gasteiger partial charge in [0.2, 0.25) is 0 Å². The summed E-state index contributed by atoms with van der Waals surface area (Å²) < 4.78 is 1.06. The van der Waals surface area contributed by atoms with E-state index in [0.29, 0.717) is 0 Å². The molecule has 4 aromatic rings. The minimum Gasteiger partial charge on any atom is -0.368 e.